The van der Waals surface area contributed by atoms with Crippen molar-refractivity contribution in [3.8, 4) is 5.19 Å². The molecule has 2 atom stereocenters. The second kappa shape index (κ2) is 11.4. The Morgan fingerprint density at radius 3 is 2.83 bits per heavy atom. The fourth-order valence-electron chi connectivity index (χ4n) is 4.72. The largest absolute Gasteiger partial charge is 0.464 e. The lowest BCUT2D eigenvalue weighted by Gasteiger charge is -2.30. The van der Waals surface area contributed by atoms with Crippen LogP contribution in [-0.4, -0.2) is 60.5 Å². The molecular formula is C26H33F3N2O3S. The van der Waals surface area contributed by atoms with Crippen LogP contribution in [0.5, 0.6) is 5.19 Å². The lowest BCUT2D eigenvalue weighted by atomic mass is 9.90. The van der Waals surface area contributed by atoms with E-state index in [1.807, 2.05) is 0 Å². The fraction of sp³-hybridized carbons (Fsp3) is 0.615. The third kappa shape index (κ3) is 7.27. The molecule has 35 heavy (non-hydrogen) atoms. The van der Waals surface area contributed by atoms with E-state index in [2.05, 4.69) is 9.88 Å². The molecule has 4 rings (SSSR count). The molecule has 2 unspecified atom stereocenters. The molecule has 1 aromatic carbocycles. The highest BCUT2D eigenvalue weighted by Gasteiger charge is 2.27. The van der Waals surface area contributed by atoms with Crippen LogP contribution in [-0.2, 0) is 17.6 Å². The number of carbonyl (C=O) groups excluding carboxylic acids is 1. The van der Waals surface area contributed by atoms with Crippen molar-refractivity contribution in [3.63, 3.8) is 0 Å². The number of fused-ring (bicyclic) bond motifs is 1. The van der Waals surface area contributed by atoms with Crippen molar-refractivity contribution < 1.29 is 27.4 Å². The van der Waals surface area contributed by atoms with Gasteiger partial charge in [-0.2, -0.15) is 0 Å². The van der Waals surface area contributed by atoms with E-state index >= 15 is 0 Å². The molecule has 0 amide bonds. The molecule has 0 bridgehead atoms. The minimum atomic E-state index is -2.86. The molecule has 1 aromatic heterocycles. The van der Waals surface area contributed by atoms with Crippen molar-refractivity contribution in [2.45, 2.75) is 64.4 Å². The number of hydrogen-bond donors (Lipinski definition) is 0. The van der Waals surface area contributed by atoms with Gasteiger partial charge in [0.05, 0.1) is 18.4 Å². The SMILES string of the molecule is Cc1c(F)cccc1C(=O)CC1CCC(CCN2CCc3nc(OCC(C)(F)F)sc3CC2)OC1. The summed E-state index contributed by atoms with van der Waals surface area (Å²) in [6.07, 6.45) is 4.99. The van der Waals surface area contributed by atoms with E-state index in [9.17, 15) is 18.0 Å². The Morgan fingerprint density at radius 2 is 2.09 bits per heavy atom. The molecule has 192 valence electrons. The smallest absolute Gasteiger partial charge is 0.278 e. The highest BCUT2D eigenvalue weighted by Crippen LogP contribution is 2.30. The van der Waals surface area contributed by atoms with Gasteiger partial charge in [0.1, 0.15) is 5.82 Å². The van der Waals surface area contributed by atoms with Gasteiger partial charge in [-0.3, -0.25) is 4.79 Å². The van der Waals surface area contributed by atoms with E-state index in [1.165, 1.54) is 17.4 Å². The molecule has 0 aliphatic carbocycles. The van der Waals surface area contributed by atoms with Gasteiger partial charge in [0.2, 0.25) is 0 Å². The Hall–Kier alpha value is -1.97. The highest BCUT2D eigenvalue weighted by molar-refractivity contribution is 7.13. The molecular weight excluding hydrogens is 477 g/mol. The first kappa shape index (κ1) is 26.1. The molecule has 1 saturated heterocycles. The summed E-state index contributed by atoms with van der Waals surface area (Å²) in [6.45, 7) is 5.10. The third-order valence-corrected chi connectivity index (χ3v) is 7.87. The zero-order valence-corrected chi connectivity index (χ0v) is 21.1. The van der Waals surface area contributed by atoms with Crippen LogP contribution in [0.4, 0.5) is 13.2 Å². The van der Waals surface area contributed by atoms with Crippen LogP contribution < -0.4 is 4.74 Å². The van der Waals surface area contributed by atoms with Crippen LogP contribution >= 0.6 is 11.3 Å². The van der Waals surface area contributed by atoms with Crippen LogP contribution in [0.25, 0.3) is 0 Å². The van der Waals surface area contributed by atoms with E-state index < -0.39 is 12.5 Å². The van der Waals surface area contributed by atoms with Crippen molar-refractivity contribution in [2.24, 2.45) is 5.92 Å². The molecule has 2 aliphatic rings. The minimum Gasteiger partial charge on any atom is -0.464 e. The number of Topliss-reactive ketones (excluding diaryl/α,β-unsaturated/α-hetero) is 1. The Labute approximate surface area is 208 Å². The van der Waals surface area contributed by atoms with Gasteiger partial charge in [-0.05, 0) is 50.2 Å². The summed E-state index contributed by atoms with van der Waals surface area (Å²) in [5, 5.41) is 0.334. The molecule has 0 saturated carbocycles. The van der Waals surface area contributed by atoms with E-state index in [0.29, 0.717) is 29.3 Å². The number of benzene rings is 1. The Morgan fingerprint density at radius 1 is 1.29 bits per heavy atom. The van der Waals surface area contributed by atoms with Gasteiger partial charge in [0.25, 0.3) is 11.1 Å². The monoisotopic (exact) mass is 510 g/mol. The number of halogens is 3. The first-order valence-corrected chi connectivity index (χ1v) is 13.1. The second-order valence-corrected chi connectivity index (χ2v) is 10.8. The summed E-state index contributed by atoms with van der Waals surface area (Å²) in [4.78, 5) is 20.6. The molecule has 9 heteroatoms. The van der Waals surface area contributed by atoms with Gasteiger partial charge in [-0.15, -0.1) is 0 Å². The van der Waals surface area contributed by atoms with Crippen LogP contribution in [0.1, 0.15) is 59.1 Å². The van der Waals surface area contributed by atoms with Crippen molar-refractivity contribution in [1.82, 2.24) is 9.88 Å². The maximum absolute atomic E-state index is 13.8. The van der Waals surface area contributed by atoms with Gasteiger partial charge >= 0.3 is 0 Å². The summed E-state index contributed by atoms with van der Waals surface area (Å²) >= 11 is 1.38. The minimum absolute atomic E-state index is 0.0170. The number of ketones is 1. The average molecular weight is 511 g/mol. The summed E-state index contributed by atoms with van der Waals surface area (Å²) < 4.78 is 51.1. The zero-order valence-electron chi connectivity index (χ0n) is 20.3. The predicted molar refractivity (Wildman–Crippen MR) is 129 cm³/mol. The van der Waals surface area contributed by atoms with Crippen LogP contribution in [0.15, 0.2) is 18.2 Å². The van der Waals surface area contributed by atoms with Gasteiger partial charge < -0.3 is 14.4 Å². The molecule has 0 N–H and O–H groups in total. The van der Waals surface area contributed by atoms with E-state index in [1.54, 1.807) is 19.1 Å². The Balaban J connectivity index is 1.17. The van der Waals surface area contributed by atoms with E-state index in [4.69, 9.17) is 9.47 Å². The standard InChI is InChI=1S/C26H33F3N2O3S/c1-17-20(4-3-5-21(17)27)23(32)14-18-6-7-19(33-15-18)8-11-31-12-9-22-24(10-13-31)35-25(30-22)34-16-26(2,28)29/h3-5,18-19H,6-16H2,1-2H3. The van der Waals surface area contributed by atoms with Crippen molar-refractivity contribution in [1.29, 1.82) is 0 Å². The van der Waals surface area contributed by atoms with Crippen molar-refractivity contribution in [2.75, 3.05) is 32.8 Å². The van der Waals surface area contributed by atoms with Crippen molar-refractivity contribution in [3.05, 3.63) is 45.7 Å². The lowest BCUT2D eigenvalue weighted by Crippen LogP contribution is -2.33. The number of nitrogens with zero attached hydrogens (tertiary/aromatic N) is 2. The zero-order chi connectivity index (χ0) is 25.0. The van der Waals surface area contributed by atoms with Crippen LogP contribution in [0.2, 0.25) is 0 Å². The van der Waals surface area contributed by atoms with Crippen LogP contribution in [0.3, 0.4) is 0 Å². The Bertz CT molecular complexity index is 990. The van der Waals surface area contributed by atoms with E-state index in [0.717, 1.165) is 69.2 Å². The molecule has 5 nitrogen and oxygen atoms in total. The van der Waals surface area contributed by atoms with Gasteiger partial charge in [0, 0.05) is 49.8 Å². The predicted octanol–water partition coefficient (Wildman–Crippen LogP) is 5.48. The molecule has 2 aliphatic heterocycles. The van der Waals surface area contributed by atoms with Crippen molar-refractivity contribution >= 4 is 17.1 Å². The first-order valence-electron chi connectivity index (χ1n) is 12.3. The Kier molecular flexibility index (Phi) is 8.50. The maximum Gasteiger partial charge on any atom is 0.278 e. The number of rotatable bonds is 9. The van der Waals surface area contributed by atoms with Gasteiger partial charge in [0.15, 0.2) is 12.4 Å². The van der Waals surface area contributed by atoms with Crippen LogP contribution in [0, 0.1) is 18.7 Å². The normalized spacial score (nSPS) is 21.4. The number of hydrogen-bond acceptors (Lipinski definition) is 6. The molecule has 0 radical (unpaired) electrons. The topological polar surface area (TPSA) is 51.7 Å². The molecule has 2 aromatic rings. The first-order chi connectivity index (χ1) is 16.7. The number of ether oxygens (including phenoxy) is 2. The summed E-state index contributed by atoms with van der Waals surface area (Å²) in [7, 11) is 0. The maximum atomic E-state index is 13.8. The number of alkyl halides is 2. The molecule has 3 heterocycles. The fourth-order valence-corrected chi connectivity index (χ4v) is 5.66. The second-order valence-electron chi connectivity index (χ2n) is 9.78. The quantitative estimate of drug-likeness (QED) is 0.418. The summed E-state index contributed by atoms with van der Waals surface area (Å²) in [6, 6.07) is 4.66. The third-order valence-electron chi connectivity index (χ3n) is 6.80. The lowest BCUT2D eigenvalue weighted by molar-refractivity contribution is -0.0242. The number of thiazole rings is 1. The van der Waals surface area contributed by atoms with Gasteiger partial charge in [-0.25, -0.2) is 18.2 Å². The van der Waals surface area contributed by atoms with E-state index in [-0.39, 0.29) is 23.6 Å². The molecule has 0 spiro atoms. The summed E-state index contributed by atoms with van der Waals surface area (Å²) in [5.74, 6) is -3.05. The number of aromatic nitrogens is 1. The number of carbonyl (C=O) groups is 1. The van der Waals surface area contributed by atoms with Gasteiger partial charge in [-0.1, -0.05) is 23.5 Å². The molecule has 1 fully saturated rings. The average Bonchev–Trinajstić information content (AvgIpc) is 3.12. The highest BCUT2D eigenvalue weighted by atomic mass is 32.1. The summed E-state index contributed by atoms with van der Waals surface area (Å²) in [5.41, 5.74) is 1.85.